The summed E-state index contributed by atoms with van der Waals surface area (Å²) in [5.74, 6) is 0. The van der Waals surface area contributed by atoms with Gasteiger partial charge in [0.25, 0.3) is 0 Å². The van der Waals surface area contributed by atoms with Crippen LogP contribution in [0.1, 0.15) is 0 Å². The van der Waals surface area contributed by atoms with Gasteiger partial charge in [-0.2, -0.15) is 0 Å². The molecular weight excluding hydrogens is 184 g/mol. The molecule has 0 saturated carbocycles. The summed E-state index contributed by atoms with van der Waals surface area (Å²) in [6.45, 7) is 0. The van der Waals surface area contributed by atoms with Crippen LogP contribution >= 0.6 is 11.6 Å². The van der Waals surface area contributed by atoms with E-state index in [1.54, 1.807) is 0 Å². The van der Waals surface area contributed by atoms with Gasteiger partial charge in [-0.3, -0.25) is 0 Å². The van der Waals surface area contributed by atoms with Crippen LogP contribution < -0.4 is 5.32 Å². The van der Waals surface area contributed by atoms with Crippen molar-refractivity contribution in [3.05, 3.63) is 29.4 Å². The van der Waals surface area contributed by atoms with E-state index in [0.29, 0.717) is 0 Å². The number of fused-ring (bicyclic) bond motifs is 1. The maximum atomic E-state index is 6.10. The van der Waals surface area contributed by atoms with Crippen molar-refractivity contribution < 1.29 is 0 Å². The van der Waals surface area contributed by atoms with Crippen LogP contribution in [0.3, 0.4) is 0 Å². The van der Waals surface area contributed by atoms with E-state index >= 15 is 0 Å². The molecule has 3 heteroatoms. The van der Waals surface area contributed by atoms with Gasteiger partial charge < -0.3 is 9.88 Å². The largest absolute Gasteiger partial charge is 0.388 e. The molecule has 0 unspecified atom stereocenters. The van der Waals surface area contributed by atoms with Gasteiger partial charge in [-0.25, -0.2) is 0 Å². The lowest BCUT2D eigenvalue weighted by Gasteiger charge is -2.02. The molecule has 2 rings (SSSR count). The lowest BCUT2D eigenvalue weighted by atomic mass is 10.2. The lowest BCUT2D eigenvalue weighted by molar-refractivity contribution is 0.969. The van der Waals surface area contributed by atoms with Gasteiger partial charge in [-0.15, -0.1) is 0 Å². The molecule has 2 aromatic rings. The van der Waals surface area contributed by atoms with E-state index < -0.39 is 0 Å². The fourth-order valence-corrected chi connectivity index (χ4v) is 1.94. The van der Waals surface area contributed by atoms with Crippen molar-refractivity contribution in [2.75, 3.05) is 12.4 Å². The summed E-state index contributed by atoms with van der Waals surface area (Å²) >= 11 is 6.10. The third-order valence-electron chi connectivity index (χ3n) is 2.24. The second-order valence-electron chi connectivity index (χ2n) is 3.04. The van der Waals surface area contributed by atoms with Crippen LogP contribution in [0.15, 0.2) is 24.4 Å². The zero-order valence-corrected chi connectivity index (χ0v) is 8.39. The summed E-state index contributed by atoms with van der Waals surface area (Å²) in [5.41, 5.74) is 2.22. The first kappa shape index (κ1) is 8.45. The number of rotatable bonds is 1. The summed E-state index contributed by atoms with van der Waals surface area (Å²) in [7, 11) is 3.89. The standard InChI is InChI=1S/C10H11ClN2/c1-12-8-4-3-5-9-10(8)7(11)6-13(9)2/h3-6,12H,1-2H3. The zero-order chi connectivity index (χ0) is 9.42. The van der Waals surface area contributed by atoms with Gasteiger partial charge >= 0.3 is 0 Å². The number of aryl methyl sites for hydroxylation is 1. The maximum Gasteiger partial charge on any atom is 0.0682 e. The molecule has 0 aliphatic rings. The number of benzene rings is 1. The number of hydrogen-bond donors (Lipinski definition) is 1. The molecular formula is C10H11ClN2. The highest BCUT2D eigenvalue weighted by atomic mass is 35.5. The minimum Gasteiger partial charge on any atom is -0.388 e. The molecule has 1 N–H and O–H groups in total. The second kappa shape index (κ2) is 2.96. The predicted molar refractivity (Wildman–Crippen MR) is 57.5 cm³/mol. The molecule has 0 amide bonds. The second-order valence-corrected chi connectivity index (χ2v) is 3.44. The molecule has 1 aromatic carbocycles. The highest BCUT2D eigenvalue weighted by Gasteiger charge is 2.07. The van der Waals surface area contributed by atoms with E-state index in [2.05, 4.69) is 11.4 Å². The Balaban J connectivity index is 2.88. The lowest BCUT2D eigenvalue weighted by Crippen LogP contribution is -1.89. The topological polar surface area (TPSA) is 17.0 Å². The summed E-state index contributed by atoms with van der Waals surface area (Å²) in [6, 6.07) is 6.10. The minimum atomic E-state index is 0.794. The van der Waals surface area contributed by atoms with E-state index in [1.807, 2.05) is 37.0 Å². The molecule has 68 valence electrons. The van der Waals surface area contributed by atoms with Gasteiger partial charge in [0.15, 0.2) is 0 Å². The van der Waals surface area contributed by atoms with E-state index in [-0.39, 0.29) is 0 Å². The first-order chi connectivity index (χ1) is 6.24. The molecule has 1 heterocycles. The van der Waals surface area contributed by atoms with Gasteiger partial charge in [0, 0.05) is 31.4 Å². The minimum absolute atomic E-state index is 0.794. The van der Waals surface area contributed by atoms with E-state index in [4.69, 9.17) is 11.6 Å². The number of anilines is 1. The van der Waals surface area contributed by atoms with Crippen LogP contribution in [-0.4, -0.2) is 11.6 Å². The Kier molecular flexibility index (Phi) is 1.93. The third-order valence-corrected chi connectivity index (χ3v) is 2.52. The number of nitrogens with zero attached hydrogens (tertiary/aromatic N) is 1. The van der Waals surface area contributed by atoms with Crippen LogP contribution in [0, 0.1) is 0 Å². The van der Waals surface area contributed by atoms with Crippen molar-refractivity contribution in [2.24, 2.45) is 7.05 Å². The van der Waals surface area contributed by atoms with Crippen LogP contribution in [-0.2, 0) is 7.05 Å². The van der Waals surface area contributed by atoms with Gasteiger partial charge in [0.2, 0.25) is 0 Å². The van der Waals surface area contributed by atoms with E-state index in [9.17, 15) is 0 Å². The summed E-state index contributed by atoms with van der Waals surface area (Å²) in [5, 5.41) is 5.01. The highest BCUT2D eigenvalue weighted by molar-refractivity contribution is 6.36. The molecule has 0 spiro atoms. The fraction of sp³-hybridized carbons (Fsp3) is 0.200. The zero-order valence-electron chi connectivity index (χ0n) is 7.63. The van der Waals surface area contributed by atoms with Gasteiger partial charge in [0.1, 0.15) is 0 Å². The van der Waals surface area contributed by atoms with Crippen LogP contribution in [0.4, 0.5) is 5.69 Å². The fourth-order valence-electron chi connectivity index (χ4n) is 1.60. The summed E-state index contributed by atoms with van der Waals surface area (Å²) in [6.07, 6.45) is 1.92. The molecule has 1 aromatic heterocycles. The Bertz CT molecular complexity index is 445. The Morgan fingerprint density at radius 2 is 2.15 bits per heavy atom. The Morgan fingerprint density at radius 1 is 1.38 bits per heavy atom. The molecule has 0 bridgehead atoms. The van der Waals surface area contributed by atoms with E-state index in [0.717, 1.165) is 21.6 Å². The molecule has 13 heavy (non-hydrogen) atoms. The van der Waals surface area contributed by atoms with E-state index in [1.165, 1.54) is 0 Å². The van der Waals surface area contributed by atoms with Crippen LogP contribution in [0.2, 0.25) is 5.02 Å². The number of aromatic nitrogens is 1. The molecule has 0 saturated heterocycles. The predicted octanol–water partition coefficient (Wildman–Crippen LogP) is 2.87. The molecule has 2 nitrogen and oxygen atoms in total. The maximum absolute atomic E-state index is 6.10. The Hall–Kier alpha value is -1.15. The monoisotopic (exact) mass is 194 g/mol. The molecule has 0 aliphatic carbocycles. The van der Waals surface area contributed by atoms with Crippen molar-refractivity contribution in [1.29, 1.82) is 0 Å². The quantitative estimate of drug-likeness (QED) is 0.739. The molecule has 0 atom stereocenters. The highest BCUT2D eigenvalue weighted by Crippen LogP contribution is 2.31. The number of nitrogens with one attached hydrogen (secondary N) is 1. The third kappa shape index (κ3) is 1.18. The van der Waals surface area contributed by atoms with Crippen molar-refractivity contribution >= 4 is 28.2 Å². The molecule has 0 radical (unpaired) electrons. The SMILES string of the molecule is CNc1cccc2c1c(Cl)cn2C. The molecule has 0 aliphatic heterocycles. The van der Waals surface area contributed by atoms with Crippen molar-refractivity contribution in [2.45, 2.75) is 0 Å². The first-order valence-electron chi connectivity index (χ1n) is 4.15. The van der Waals surface area contributed by atoms with Crippen molar-refractivity contribution in [3.63, 3.8) is 0 Å². The summed E-state index contributed by atoms with van der Waals surface area (Å²) in [4.78, 5) is 0. The Labute approximate surface area is 82.1 Å². The Morgan fingerprint density at radius 3 is 2.85 bits per heavy atom. The first-order valence-corrected chi connectivity index (χ1v) is 4.53. The average molecular weight is 195 g/mol. The van der Waals surface area contributed by atoms with Crippen LogP contribution in [0.25, 0.3) is 10.9 Å². The van der Waals surface area contributed by atoms with Crippen molar-refractivity contribution in [3.8, 4) is 0 Å². The number of hydrogen-bond acceptors (Lipinski definition) is 1. The molecule has 0 fully saturated rings. The van der Waals surface area contributed by atoms with Gasteiger partial charge in [-0.1, -0.05) is 17.7 Å². The van der Waals surface area contributed by atoms with Gasteiger partial charge in [0.05, 0.1) is 10.5 Å². The van der Waals surface area contributed by atoms with Crippen molar-refractivity contribution in [1.82, 2.24) is 4.57 Å². The summed E-state index contributed by atoms with van der Waals surface area (Å²) < 4.78 is 2.03. The normalized spacial score (nSPS) is 10.7. The number of halogens is 1. The average Bonchev–Trinajstić information content (AvgIpc) is 2.43. The van der Waals surface area contributed by atoms with Crippen LogP contribution in [0.5, 0.6) is 0 Å². The smallest absolute Gasteiger partial charge is 0.0682 e. The van der Waals surface area contributed by atoms with Gasteiger partial charge in [-0.05, 0) is 12.1 Å².